The van der Waals surface area contributed by atoms with Gasteiger partial charge in [0, 0.05) is 23.5 Å². The maximum atomic E-state index is 10.4. The van der Waals surface area contributed by atoms with E-state index < -0.39 is 0 Å². The number of rotatable bonds is 6. The Balaban J connectivity index is 2.02. The summed E-state index contributed by atoms with van der Waals surface area (Å²) in [4.78, 5) is 0. The van der Waals surface area contributed by atoms with E-state index >= 15 is 0 Å². The second-order valence-corrected chi connectivity index (χ2v) is 8.85. The van der Waals surface area contributed by atoms with E-state index in [9.17, 15) is 5.11 Å². The lowest BCUT2D eigenvalue weighted by Gasteiger charge is -2.40. The molecule has 1 aromatic rings. The van der Waals surface area contributed by atoms with Gasteiger partial charge < -0.3 is 9.84 Å². The molecule has 1 heterocycles. The normalized spacial score (nSPS) is 22.3. The fraction of sp³-hybridized carbons (Fsp3) is 0.583. The van der Waals surface area contributed by atoms with Crippen LogP contribution in [0.5, 0.6) is 11.5 Å². The summed E-state index contributed by atoms with van der Waals surface area (Å²) in [6, 6.07) is 3.75. The van der Waals surface area contributed by atoms with E-state index in [1.807, 2.05) is 6.07 Å². The first-order valence-corrected chi connectivity index (χ1v) is 10.2. The number of ether oxygens (including phenoxy) is 1. The van der Waals surface area contributed by atoms with Gasteiger partial charge in [0.15, 0.2) is 0 Å². The lowest BCUT2D eigenvalue weighted by Crippen LogP contribution is -2.29. The van der Waals surface area contributed by atoms with Crippen molar-refractivity contribution in [3.8, 4) is 11.5 Å². The summed E-state index contributed by atoms with van der Waals surface area (Å²) in [6.45, 7) is 13.3. The van der Waals surface area contributed by atoms with Gasteiger partial charge in [-0.2, -0.15) is 0 Å². The Morgan fingerprint density at radius 2 is 2.00 bits per heavy atom. The minimum atomic E-state index is 0.0162. The highest BCUT2D eigenvalue weighted by Gasteiger charge is 2.39. The zero-order chi connectivity index (χ0) is 18.9. The third-order valence-electron chi connectivity index (χ3n) is 6.25. The topological polar surface area (TPSA) is 29.5 Å². The highest BCUT2D eigenvalue weighted by Crippen LogP contribution is 2.52. The molecule has 1 aliphatic heterocycles. The Labute approximate surface area is 159 Å². The second-order valence-electron chi connectivity index (χ2n) is 8.85. The van der Waals surface area contributed by atoms with Crippen molar-refractivity contribution in [2.45, 2.75) is 84.0 Å². The third kappa shape index (κ3) is 3.70. The maximum absolute atomic E-state index is 10.4. The first kappa shape index (κ1) is 19.1. The van der Waals surface area contributed by atoms with Crippen LogP contribution in [0.3, 0.4) is 0 Å². The van der Waals surface area contributed by atoms with Crippen LogP contribution in [0.15, 0.2) is 36.1 Å². The first-order chi connectivity index (χ1) is 12.3. The molecule has 0 fully saturated rings. The molecule has 26 heavy (non-hydrogen) atoms. The van der Waals surface area contributed by atoms with Crippen LogP contribution in [0.2, 0.25) is 0 Å². The van der Waals surface area contributed by atoms with E-state index in [1.54, 1.807) is 6.07 Å². The predicted octanol–water partition coefficient (Wildman–Crippen LogP) is 6.99. The van der Waals surface area contributed by atoms with Crippen LogP contribution in [-0.4, -0.2) is 5.11 Å². The Kier molecular flexibility index (Phi) is 5.50. The lowest BCUT2D eigenvalue weighted by atomic mass is 9.68. The maximum Gasteiger partial charge on any atom is 0.134 e. The minimum absolute atomic E-state index is 0.0162. The fourth-order valence-electron chi connectivity index (χ4n) is 4.66. The van der Waals surface area contributed by atoms with Crippen molar-refractivity contribution in [2.24, 2.45) is 5.92 Å². The monoisotopic (exact) mass is 354 g/mol. The molecule has 0 bridgehead atoms. The van der Waals surface area contributed by atoms with Crippen LogP contribution in [0.4, 0.5) is 0 Å². The molecule has 1 aromatic carbocycles. The van der Waals surface area contributed by atoms with Gasteiger partial charge in [-0.05, 0) is 43.2 Å². The molecule has 2 nitrogen and oxygen atoms in total. The van der Waals surface area contributed by atoms with E-state index in [2.05, 4.69) is 40.3 Å². The molecule has 0 amide bonds. The van der Waals surface area contributed by atoms with E-state index in [4.69, 9.17) is 4.74 Å². The van der Waals surface area contributed by atoms with Crippen LogP contribution in [0.1, 0.15) is 89.7 Å². The van der Waals surface area contributed by atoms with Crippen molar-refractivity contribution < 1.29 is 9.84 Å². The molecule has 2 heteroatoms. The summed E-state index contributed by atoms with van der Waals surface area (Å²) >= 11 is 0. The minimum Gasteiger partial charge on any atom is -0.508 e. The molecule has 0 saturated carbocycles. The number of hydrogen-bond donors (Lipinski definition) is 1. The molecule has 2 atom stereocenters. The quantitative estimate of drug-likeness (QED) is 0.441. The second kappa shape index (κ2) is 7.50. The highest BCUT2D eigenvalue weighted by atomic mass is 16.5. The molecule has 1 aliphatic carbocycles. The van der Waals surface area contributed by atoms with Crippen LogP contribution in [0, 0.1) is 5.92 Å². The van der Waals surface area contributed by atoms with E-state index in [1.165, 1.54) is 42.4 Å². The summed E-state index contributed by atoms with van der Waals surface area (Å²) in [5, 5.41) is 10.4. The van der Waals surface area contributed by atoms with Gasteiger partial charge in [0.25, 0.3) is 0 Å². The lowest BCUT2D eigenvalue weighted by molar-refractivity contribution is 0.275. The van der Waals surface area contributed by atoms with Crippen LogP contribution < -0.4 is 4.74 Å². The largest absolute Gasteiger partial charge is 0.508 e. The van der Waals surface area contributed by atoms with Gasteiger partial charge in [-0.25, -0.2) is 0 Å². The summed E-state index contributed by atoms with van der Waals surface area (Å²) in [5.41, 5.74) is 3.99. The van der Waals surface area contributed by atoms with E-state index in [-0.39, 0.29) is 5.41 Å². The Morgan fingerprint density at radius 1 is 1.23 bits per heavy atom. The van der Waals surface area contributed by atoms with Gasteiger partial charge >= 0.3 is 0 Å². The molecule has 0 spiro atoms. The first-order valence-electron chi connectivity index (χ1n) is 10.2. The third-order valence-corrected chi connectivity index (χ3v) is 6.25. The molecular weight excluding hydrogens is 320 g/mol. The van der Waals surface area contributed by atoms with Crippen LogP contribution in [0.25, 0.3) is 0 Å². The zero-order valence-electron chi connectivity index (χ0n) is 16.9. The van der Waals surface area contributed by atoms with Crippen LogP contribution >= 0.6 is 0 Å². The predicted molar refractivity (Wildman–Crippen MR) is 109 cm³/mol. The number of benzene rings is 1. The molecule has 3 rings (SSSR count). The van der Waals surface area contributed by atoms with Crippen LogP contribution in [-0.2, 0) is 5.41 Å². The standard InChI is InChI=1S/C24H34O2/c1-6-7-8-9-12-24(4,5)21-14-18(25)15-22-23(21)20-13-16(2)10-11-19(20)17(3)26-22/h13-15,19-20,25H,3,6-12H2,1-2,4-5H3/t19-,20+/m0/s1. The Bertz CT molecular complexity index is 711. The number of allylic oxidation sites excluding steroid dienone is 3. The molecule has 0 unspecified atom stereocenters. The number of unbranched alkanes of at least 4 members (excludes halogenated alkanes) is 3. The average Bonchev–Trinajstić information content (AvgIpc) is 2.57. The average molecular weight is 355 g/mol. The van der Waals surface area contributed by atoms with Crippen molar-refractivity contribution in [1.82, 2.24) is 0 Å². The van der Waals surface area contributed by atoms with Gasteiger partial charge in [-0.15, -0.1) is 0 Å². The van der Waals surface area contributed by atoms with Crippen molar-refractivity contribution in [1.29, 1.82) is 0 Å². The molecule has 0 aromatic heterocycles. The van der Waals surface area contributed by atoms with Crippen molar-refractivity contribution in [3.63, 3.8) is 0 Å². The number of aromatic hydroxyl groups is 1. The Morgan fingerprint density at radius 3 is 2.73 bits per heavy atom. The van der Waals surface area contributed by atoms with Crippen molar-refractivity contribution in [3.05, 3.63) is 47.2 Å². The summed E-state index contributed by atoms with van der Waals surface area (Å²) in [5.74, 6) is 2.63. The zero-order valence-corrected chi connectivity index (χ0v) is 16.9. The van der Waals surface area contributed by atoms with E-state index in [0.29, 0.717) is 17.6 Å². The van der Waals surface area contributed by atoms with Crippen molar-refractivity contribution >= 4 is 0 Å². The fourth-order valence-corrected chi connectivity index (χ4v) is 4.66. The molecule has 0 radical (unpaired) electrons. The van der Waals surface area contributed by atoms with Gasteiger partial charge in [-0.3, -0.25) is 0 Å². The summed E-state index contributed by atoms with van der Waals surface area (Å²) in [7, 11) is 0. The number of phenolic OH excluding ortho intramolecular Hbond substituents is 1. The summed E-state index contributed by atoms with van der Waals surface area (Å²) in [6.07, 6.45) is 10.8. The van der Waals surface area contributed by atoms with Gasteiger partial charge in [0.05, 0.1) is 0 Å². The SMILES string of the molecule is C=C1Oc2cc(O)cc(C(C)(C)CCCCCC)c2[C@@H]2C=C(C)CC[C@@H]12. The van der Waals surface area contributed by atoms with E-state index in [0.717, 1.165) is 30.8 Å². The number of fused-ring (bicyclic) bond motifs is 3. The summed E-state index contributed by atoms with van der Waals surface area (Å²) < 4.78 is 6.11. The van der Waals surface area contributed by atoms with Gasteiger partial charge in [0.1, 0.15) is 17.3 Å². The molecule has 142 valence electrons. The van der Waals surface area contributed by atoms with Gasteiger partial charge in [0.2, 0.25) is 0 Å². The number of phenols is 1. The smallest absolute Gasteiger partial charge is 0.134 e. The van der Waals surface area contributed by atoms with Gasteiger partial charge in [-0.1, -0.05) is 64.7 Å². The number of hydrogen-bond acceptors (Lipinski definition) is 2. The van der Waals surface area contributed by atoms with Crippen molar-refractivity contribution in [2.75, 3.05) is 0 Å². The molecular formula is C24H34O2. The molecule has 1 N–H and O–H groups in total. The molecule has 0 saturated heterocycles. The highest BCUT2D eigenvalue weighted by molar-refractivity contribution is 5.55. The Hall–Kier alpha value is -1.70. The molecule has 2 aliphatic rings.